The van der Waals surface area contributed by atoms with E-state index in [1.807, 2.05) is 121 Å². The largest absolute Gasteiger partial charge is 0.310 e. The van der Waals surface area contributed by atoms with Crippen LogP contribution in [0.15, 0.2) is 498 Å². The van der Waals surface area contributed by atoms with E-state index in [1.165, 1.54) is 86.9 Å². The predicted octanol–water partition coefficient (Wildman–Crippen LogP) is 34.0. The Morgan fingerprint density at radius 2 is 0.366 bits per heavy atom. The first-order chi connectivity index (χ1) is 65.0. The van der Waals surface area contributed by atoms with Crippen LogP contribution in [-0.4, -0.2) is 15.0 Å². The van der Waals surface area contributed by atoms with Crippen molar-refractivity contribution in [2.75, 3.05) is 29.4 Å². The molecule has 0 amide bonds. The van der Waals surface area contributed by atoms with Gasteiger partial charge in [0.25, 0.3) is 0 Å². The maximum Gasteiger partial charge on any atom is 0.147 e. The van der Waals surface area contributed by atoms with E-state index in [9.17, 15) is 0 Å². The van der Waals surface area contributed by atoms with E-state index >= 15 is 4.39 Å². The normalized spacial score (nSPS) is 11.4. The summed E-state index contributed by atoms with van der Waals surface area (Å²) in [4.78, 5) is 27.8. The number of nitrogens with zero attached hydrogens (tertiary/aromatic N) is 9. The van der Waals surface area contributed by atoms with E-state index in [1.54, 1.807) is 6.07 Å². The molecule has 0 bridgehead atoms. The fourth-order valence-electron chi connectivity index (χ4n) is 19.4. The molecule has 0 atom stereocenters. The van der Waals surface area contributed by atoms with Gasteiger partial charge in [0.05, 0.1) is 39.8 Å². The number of para-hydroxylation sites is 8. The number of benzene rings is 22. The van der Waals surface area contributed by atoms with Crippen LogP contribution in [0.3, 0.4) is 0 Å². The zero-order valence-corrected chi connectivity index (χ0v) is 71.2. The molecule has 0 aliphatic rings. The van der Waals surface area contributed by atoms with Crippen LogP contribution < -0.4 is 29.4 Å². The predicted molar refractivity (Wildman–Crippen MR) is 549 cm³/mol. The summed E-state index contributed by atoms with van der Waals surface area (Å²) in [6, 6.07) is 167. The summed E-state index contributed by atoms with van der Waals surface area (Å²) >= 11 is 0. The molecule has 22 aromatic carbocycles. The second-order valence-electron chi connectivity index (χ2n) is 32.7. The highest BCUT2D eigenvalue weighted by atomic mass is 19.1. The van der Waals surface area contributed by atoms with Crippen molar-refractivity contribution in [1.29, 1.82) is 0 Å². The first-order valence-corrected chi connectivity index (χ1v) is 44.2. The van der Waals surface area contributed by atoms with Crippen LogP contribution in [-0.2, 0) is 0 Å². The number of halogens is 1. The number of hydrogen-bond acceptors (Lipinski definition) is 9. The highest BCUT2D eigenvalue weighted by Crippen LogP contribution is 2.53. The van der Waals surface area contributed by atoms with Gasteiger partial charge in [0.2, 0.25) is 0 Å². The van der Waals surface area contributed by atoms with E-state index in [-0.39, 0.29) is 5.82 Å². The minimum Gasteiger partial charge on any atom is -0.310 e. The van der Waals surface area contributed by atoms with E-state index in [4.69, 9.17) is 15.0 Å². The summed E-state index contributed by atoms with van der Waals surface area (Å²) in [6.07, 6.45) is 5.55. The molecule has 25 rings (SSSR count). The van der Waals surface area contributed by atoms with Gasteiger partial charge >= 0.3 is 0 Å². The Labute approximate surface area is 757 Å². The molecule has 131 heavy (non-hydrogen) atoms. The summed E-state index contributed by atoms with van der Waals surface area (Å²) < 4.78 is 15.4. The maximum atomic E-state index is 15.4. The zero-order valence-electron chi connectivity index (χ0n) is 71.2. The molecule has 0 saturated heterocycles. The van der Waals surface area contributed by atoms with Crippen LogP contribution in [0.25, 0.3) is 108 Å². The summed E-state index contributed by atoms with van der Waals surface area (Å²) in [7, 11) is 0. The third-order valence-corrected chi connectivity index (χ3v) is 25.1. The number of hydrogen-bond donors (Lipinski definition) is 0. The fourth-order valence-corrected chi connectivity index (χ4v) is 19.4. The standard InChI is InChI=1S/C43H29N3.C39H26FN3.C39H27N3/c1-3-13-34(14-4-1)45(35-15-5-2-6-16-35)39-26-21-31-20-25-38-40(27-22-32-19-24-37(39)42(31)43(32)38)46(41-17-9-10-28-44-41)36-23-18-30-11-7-8-12-33(30)29-36;40-33-15-7-8-16-36(33)42(29-11-3-1-4-12-29)34-24-20-27-19-23-32-35(25-21-28-18-22-31(34)38(27)39(28)32)43(30-13-5-2-6-14-30)37-17-9-10-26-41-37;1-4-12-30(13-5-1)41(31-14-6-2-7-15-31)35-25-21-28-20-24-34-36(26-22-29-19-23-33(35)38(28)39(29)34)42(32-16-8-3-9-17-32)37-18-10-11-27-40-37/h1-29H;1-26H;1-27H. The van der Waals surface area contributed by atoms with Crippen molar-refractivity contribution >= 4 is 210 Å². The van der Waals surface area contributed by atoms with Gasteiger partial charge in [-0.05, 0) is 257 Å². The SMILES string of the molecule is Fc1ccccc1N(c1ccccc1)c1ccc2ccc3c(N(c4ccccc4)c4ccccn4)ccc4ccc1c2c43.c1ccc(N(c2ccccc2)c2ccc3ccc4c(N(c5ccc6ccccc6c5)c5ccccn5)ccc5ccc2c3c54)cc1.c1ccc(N(c2ccccc2)c2ccc3ccc4c(N(c5ccccc5)c5ccccn5)ccc5ccc2c3c54)cc1. The molecule has 0 radical (unpaired) electrons. The molecule has 3 heterocycles. The molecule has 0 saturated carbocycles. The molecule has 0 aliphatic heterocycles. The number of pyridine rings is 3. The molecule has 618 valence electrons. The lowest BCUT2D eigenvalue weighted by Gasteiger charge is -2.29. The molecule has 10 heteroatoms. The molecule has 0 spiro atoms. The van der Waals surface area contributed by atoms with Gasteiger partial charge in [-0.1, -0.05) is 297 Å². The molecule has 9 nitrogen and oxygen atoms in total. The minimum absolute atomic E-state index is 0.270. The Morgan fingerprint density at radius 3 is 0.656 bits per heavy atom. The average Bonchev–Trinajstić information content (AvgIpc) is 0.727. The fraction of sp³-hybridized carbons (Fsp3) is 0. The Balaban J connectivity index is 0.000000112. The highest BCUT2D eigenvalue weighted by molar-refractivity contribution is 6.31. The Kier molecular flexibility index (Phi) is 20.3. The minimum atomic E-state index is -0.270. The first kappa shape index (κ1) is 78.1. The van der Waals surface area contributed by atoms with E-state index in [2.05, 4.69) is 395 Å². The first-order valence-electron chi connectivity index (χ1n) is 44.2. The monoisotopic (exact) mass is 1680 g/mol. The van der Waals surface area contributed by atoms with E-state index in [0.29, 0.717) is 5.69 Å². The van der Waals surface area contributed by atoms with Gasteiger partial charge in [-0.2, -0.15) is 0 Å². The van der Waals surface area contributed by atoms with Crippen LogP contribution in [0.1, 0.15) is 0 Å². The second kappa shape index (κ2) is 34.0. The quantitative estimate of drug-likeness (QED) is 0.0782. The van der Waals surface area contributed by atoms with Crippen molar-refractivity contribution < 1.29 is 4.39 Å². The lowest BCUT2D eigenvalue weighted by atomic mass is 9.91. The molecule has 0 unspecified atom stereocenters. The van der Waals surface area contributed by atoms with Crippen LogP contribution in [0, 0.1) is 5.82 Å². The van der Waals surface area contributed by atoms with Crippen molar-refractivity contribution in [3.63, 3.8) is 0 Å². The summed E-state index contributed by atoms with van der Waals surface area (Å²) in [6.45, 7) is 0. The van der Waals surface area contributed by atoms with E-state index < -0.39 is 0 Å². The van der Waals surface area contributed by atoms with Crippen LogP contribution in [0.5, 0.6) is 0 Å². The molecular formula is C121H82FN9. The van der Waals surface area contributed by atoms with Gasteiger partial charge < -0.3 is 14.7 Å². The lowest BCUT2D eigenvalue weighted by Crippen LogP contribution is -2.12. The van der Waals surface area contributed by atoms with Crippen LogP contribution in [0.2, 0.25) is 0 Å². The molecule has 0 aliphatic carbocycles. The maximum absolute atomic E-state index is 15.4. The number of rotatable bonds is 18. The topological polar surface area (TPSA) is 58.1 Å². The number of anilines is 18. The summed E-state index contributed by atoms with van der Waals surface area (Å²) in [5.41, 5.74) is 15.6. The van der Waals surface area contributed by atoms with Gasteiger partial charge in [0, 0.05) is 96.4 Å². The van der Waals surface area contributed by atoms with Gasteiger partial charge in [0.15, 0.2) is 0 Å². The number of aromatic nitrogens is 3. The Morgan fingerprint density at radius 1 is 0.145 bits per heavy atom. The van der Waals surface area contributed by atoms with Gasteiger partial charge in [-0.15, -0.1) is 0 Å². The van der Waals surface area contributed by atoms with Gasteiger partial charge in [-0.3, -0.25) is 14.7 Å². The molecule has 0 fully saturated rings. The van der Waals surface area contributed by atoms with Crippen molar-refractivity contribution in [3.8, 4) is 0 Å². The smallest absolute Gasteiger partial charge is 0.147 e. The zero-order chi connectivity index (χ0) is 87.1. The van der Waals surface area contributed by atoms with Crippen molar-refractivity contribution in [3.05, 3.63) is 504 Å². The highest BCUT2D eigenvalue weighted by Gasteiger charge is 2.28. The van der Waals surface area contributed by atoms with Crippen LogP contribution in [0.4, 0.5) is 107 Å². The molecule has 25 aromatic rings. The Hall–Kier alpha value is -17.6. The molecule has 0 N–H and O–H groups in total. The molecule has 3 aromatic heterocycles. The lowest BCUT2D eigenvalue weighted by molar-refractivity contribution is 0.629. The third-order valence-electron chi connectivity index (χ3n) is 25.1. The van der Waals surface area contributed by atoms with Crippen molar-refractivity contribution in [1.82, 2.24) is 15.0 Å². The average molecular weight is 1680 g/mol. The summed E-state index contributed by atoms with van der Waals surface area (Å²) in [5.74, 6) is 2.35. The third kappa shape index (κ3) is 14.3. The summed E-state index contributed by atoms with van der Waals surface area (Å²) in [5, 5.41) is 24.0. The van der Waals surface area contributed by atoms with Crippen LogP contribution >= 0.6 is 0 Å². The van der Waals surface area contributed by atoms with Crippen molar-refractivity contribution in [2.45, 2.75) is 0 Å². The molecular weight excluding hydrogens is 1600 g/mol. The van der Waals surface area contributed by atoms with E-state index in [0.717, 1.165) is 124 Å². The van der Waals surface area contributed by atoms with Crippen molar-refractivity contribution in [2.24, 2.45) is 0 Å². The Bertz CT molecular complexity index is 8050. The van der Waals surface area contributed by atoms with Gasteiger partial charge in [0.1, 0.15) is 23.3 Å². The number of fused-ring (bicyclic) bond motifs is 1. The van der Waals surface area contributed by atoms with Gasteiger partial charge in [-0.25, -0.2) is 19.3 Å². The second-order valence-corrected chi connectivity index (χ2v) is 32.7.